The molecule has 1 heterocycles. The lowest BCUT2D eigenvalue weighted by atomic mass is 10.3. The van der Waals surface area contributed by atoms with E-state index in [1.807, 2.05) is 0 Å². The summed E-state index contributed by atoms with van der Waals surface area (Å²) in [6.45, 7) is 0. The molecule has 9 heteroatoms. The number of nitrogens with two attached hydrogens (primary N) is 1. The van der Waals surface area contributed by atoms with Crippen molar-refractivity contribution in [1.29, 1.82) is 0 Å². The Kier molecular flexibility index (Phi) is 3.96. The molecule has 1 unspecified atom stereocenters. The number of amides is 3. The van der Waals surface area contributed by atoms with Gasteiger partial charge in [-0.25, -0.2) is 4.79 Å². The second-order valence-electron chi connectivity index (χ2n) is 2.71. The number of urea groups is 1. The molecule has 1 aromatic heterocycles. The van der Waals surface area contributed by atoms with E-state index in [1.54, 1.807) is 0 Å². The molecule has 0 aliphatic carbocycles. The SMILES string of the molecule is CNC(=O)Nc1snc(S(C)=O)c1C(N)=O. The van der Waals surface area contributed by atoms with Gasteiger partial charge in [0, 0.05) is 13.3 Å². The van der Waals surface area contributed by atoms with Gasteiger partial charge in [0.1, 0.15) is 10.6 Å². The van der Waals surface area contributed by atoms with Crippen molar-refractivity contribution >= 4 is 39.3 Å². The highest BCUT2D eigenvalue weighted by atomic mass is 32.2. The van der Waals surface area contributed by atoms with Crippen molar-refractivity contribution in [3.63, 3.8) is 0 Å². The maximum Gasteiger partial charge on any atom is 0.319 e. The minimum absolute atomic E-state index is 0.00515. The Morgan fingerprint density at radius 2 is 2.12 bits per heavy atom. The van der Waals surface area contributed by atoms with Crippen LogP contribution in [0.15, 0.2) is 5.03 Å². The highest BCUT2D eigenvalue weighted by molar-refractivity contribution is 7.84. The van der Waals surface area contributed by atoms with Crippen LogP contribution in [-0.2, 0) is 10.8 Å². The van der Waals surface area contributed by atoms with Crippen LogP contribution in [0, 0.1) is 0 Å². The number of hydrogen-bond donors (Lipinski definition) is 3. The minimum atomic E-state index is -1.43. The summed E-state index contributed by atoms with van der Waals surface area (Å²) >= 11 is 0.861. The fourth-order valence-corrected chi connectivity index (χ4v) is 2.72. The number of rotatable bonds is 3. The molecule has 88 valence electrons. The molecule has 0 saturated carbocycles. The van der Waals surface area contributed by atoms with Crippen LogP contribution in [0.25, 0.3) is 0 Å². The molecule has 0 aliphatic heterocycles. The molecule has 7 nitrogen and oxygen atoms in total. The van der Waals surface area contributed by atoms with Gasteiger partial charge in [-0.15, -0.1) is 0 Å². The number of aromatic nitrogens is 1. The van der Waals surface area contributed by atoms with Gasteiger partial charge in [-0.3, -0.25) is 14.3 Å². The van der Waals surface area contributed by atoms with E-state index in [-0.39, 0.29) is 15.6 Å². The first-order chi connectivity index (χ1) is 7.47. The van der Waals surface area contributed by atoms with Crippen LogP contribution in [0.4, 0.5) is 9.80 Å². The van der Waals surface area contributed by atoms with Gasteiger partial charge in [-0.05, 0) is 11.5 Å². The molecular formula is C7H10N4O3S2. The van der Waals surface area contributed by atoms with Crippen LogP contribution in [0.1, 0.15) is 10.4 Å². The molecule has 3 amide bonds. The van der Waals surface area contributed by atoms with Gasteiger partial charge in [0.2, 0.25) is 0 Å². The van der Waals surface area contributed by atoms with Crippen molar-refractivity contribution in [2.45, 2.75) is 5.03 Å². The third-order valence-corrected chi connectivity index (χ3v) is 3.35. The molecule has 0 bridgehead atoms. The highest BCUT2D eigenvalue weighted by Gasteiger charge is 2.22. The largest absolute Gasteiger partial charge is 0.365 e. The predicted octanol–water partition coefficient (Wildman–Crippen LogP) is -0.269. The summed E-state index contributed by atoms with van der Waals surface area (Å²) in [7, 11) is -0.000508. The Morgan fingerprint density at radius 1 is 1.50 bits per heavy atom. The van der Waals surface area contributed by atoms with E-state index in [0.717, 1.165) is 11.5 Å². The van der Waals surface area contributed by atoms with Gasteiger partial charge in [-0.1, -0.05) is 0 Å². The molecule has 1 atom stereocenters. The number of hydrogen-bond acceptors (Lipinski definition) is 5. The van der Waals surface area contributed by atoms with E-state index < -0.39 is 22.7 Å². The molecular weight excluding hydrogens is 252 g/mol. The summed E-state index contributed by atoms with van der Waals surface area (Å²) in [4.78, 5) is 22.2. The van der Waals surface area contributed by atoms with E-state index in [9.17, 15) is 13.8 Å². The Hall–Kier alpha value is -1.48. The first kappa shape index (κ1) is 12.6. The molecule has 4 N–H and O–H groups in total. The van der Waals surface area contributed by atoms with Crippen LogP contribution in [-0.4, -0.2) is 33.8 Å². The topological polar surface area (TPSA) is 114 Å². The molecule has 0 spiro atoms. The molecule has 1 aromatic rings. The number of carbonyl (C=O) groups excluding carboxylic acids is 2. The van der Waals surface area contributed by atoms with E-state index in [4.69, 9.17) is 5.73 Å². The quantitative estimate of drug-likeness (QED) is 0.695. The smallest absolute Gasteiger partial charge is 0.319 e. The lowest BCUT2D eigenvalue weighted by molar-refractivity contribution is 0.0998. The molecule has 1 rings (SSSR count). The van der Waals surface area contributed by atoms with Crippen LogP contribution in [0.3, 0.4) is 0 Å². The summed E-state index contributed by atoms with van der Waals surface area (Å²) in [6, 6.07) is -0.500. The third kappa shape index (κ3) is 2.55. The van der Waals surface area contributed by atoms with Gasteiger partial charge in [0.15, 0.2) is 5.03 Å². The first-order valence-corrected chi connectivity index (χ1v) is 6.42. The van der Waals surface area contributed by atoms with Crippen molar-refractivity contribution < 1.29 is 13.8 Å². The lowest BCUT2D eigenvalue weighted by Gasteiger charge is -2.02. The van der Waals surface area contributed by atoms with E-state index in [0.29, 0.717) is 0 Å². The third-order valence-electron chi connectivity index (χ3n) is 1.63. The summed E-state index contributed by atoms with van der Waals surface area (Å²) in [6.07, 6.45) is 1.38. The highest BCUT2D eigenvalue weighted by Crippen LogP contribution is 2.26. The number of carbonyl (C=O) groups is 2. The predicted molar refractivity (Wildman–Crippen MR) is 61.0 cm³/mol. The van der Waals surface area contributed by atoms with Crippen molar-refractivity contribution in [3.8, 4) is 0 Å². The van der Waals surface area contributed by atoms with Crippen LogP contribution >= 0.6 is 11.5 Å². The number of primary amides is 1. The molecule has 16 heavy (non-hydrogen) atoms. The van der Waals surface area contributed by atoms with E-state index in [2.05, 4.69) is 15.0 Å². The van der Waals surface area contributed by atoms with E-state index in [1.165, 1.54) is 13.3 Å². The summed E-state index contributed by atoms with van der Waals surface area (Å²) in [5.74, 6) is -0.773. The molecule has 0 radical (unpaired) electrons. The van der Waals surface area contributed by atoms with Gasteiger partial charge >= 0.3 is 6.03 Å². The van der Waals surface area contributed by atoms with Crippen molar-refractivity contribution in [2.75, 3.05) is 18.6 Å². The second kappa shape index (κ2) is 5.03. The van der Waals surface area contributed by atoms with Crippen LogP contribution in [0.5, 0.6) is 0 Å². The maximum absolute atomic E-state index is 11.3. The standard InChI is InChI=1S/C7H10N4O3S2/c1-9-7(13)10-5-3(4(8)12)6(11-15-5)16(2)14/h1-2H3,(H2,8,12)(H2,9,10,13). The van der Waals surface area contributed by atoms with Crippen molar-refractivity contribution in [1.82, 2.24) is 9.69 Å². The van der Waals surface area contributed by atoms with Gasteiger partial charge in [0.05, 0.1) is 10.8 Å². The van der Waals surface area contributed by atoms with Gasteiger partial charge < -0.3 is 11.1 Å². The average Bonchev–Trinajstić information content (AvgIpc) is 2.61. The number of nitrogens with zero attached hydrogens (tertiary/aromatic N) is 1. The van der Waals surface area contributed by atoms with Crippen molar-refractivity contribution in [2.24, 2.45) is 5.73 Å². The van der Waals surface area contributed by atoms with Crippen LogP contribution in [0.2, 0.25) is 0 Å². The fraction of sp³-hybridized carbons (Fsp3) is 0.286. The Balaban J connectivity index is 3.15. The molecule has 0 saturated heterocycles. The van der Waals surface area contributed by atoms with Gasteiger partial charge in [-0.2, -0.15) is 4.37 Å². The number of nitrogens with one attached hydrogen (secondary N) is 2. The zero-order chi connectivity index (χ0) is 12.3. The fourth-order valence-electron chi connectivity index (χ4n) is 0.940. The molecule has 0 aliphatic rings. The Bertz CT molecular complexity index is 456. The zero-order valence-corrected chi connectivity index (χ0v) is 10.2. The Labute approximate surface area is 98.0 Å². The minimum Gasteiger partial charge on any atom is -0.365 e. The maximum atomic E-state index is 11.3. The van der Waals surface area contributed by atoms with Crippen LogP contribution < -0.4 is 16.4 Å². The Morgan fingerprint density at radius 3 is 2.56 bits per heavy atom. The lowest BCUT2D eigenvalue weighted by Crippen LogP contribution is -2.25. The first-order valence-electron chi connectivity index (χ1n) is 4.09. The second-order valence-corrected chi connectivity index (χ2v) is 4.78. The summed E-state index contributed by atoms with van der Waals surface area (Å²) in [5.41, 5.74) is 5.13. The summed E-state index contributed by atoms with van der Waals surface area (Å²) < 4.78 is 15.1. The molecule has 0 aromatic carbocycles. The number of anilines is 1. The van der Waals surface area contributed by atoms with Crippen molar-refractivity contribution in [3.05, 3.63) is 5.56 Å². The van der Waals surface area contributed by atoms with Gasteiger partial charge in [0.25, 0.3) is 5.91 Å². The summed E-state index contributed by atoms with van der Waals surface area (Å²) in [5, 5.41) is 4.99. The van der Waals surface area contributed by atoms with E-state index >= 15 is 0 Å². The zero-order valence-electron chi connectivity index (χ0n) is 8.57. The molecule has 0 fully saturated rings. The average molecular weight is 262 g/mol. The monoisotopic (exact) mass is 262 g/mol. The normalized spacial score (nSPS) is 11.9.